The van der Waals surface area contributed by atoms with Gasteiger partial charge in [-0.2, -0.15) is 18.3 Å². The highest BCUT2D eigenvalue weighted by atomic mass is 19.4. The summed E-state index contributed by atoms with van der Waals surface area (Å²) in [5.41, 5.74) is -2.69. The van der Waals surface area contributed by atoms with E-state index in [0.29, 0.717) is 6.42 Å². The summed E-state index contributed by atoms with van der Waals surface area (Å²) < 4.78 is 40.6. The molecule has 1 aliphatic heterocycles. The van der Waals surface area contributed by atoms with E-state index in [0.717, 1.165) is 5.56 Å². The summed E-state index contributed by atoms with van der Waals surface area (Å²) in [6.45, 7) is 1.83. The van der Waals surface area contributed by atoms with E-state index in [-0.39, 0.29) is 11.5 Å². The summed E-state index contributed by atoms with van der Waals surface area (Å²) in [5, 5.41) is 19.0. The Kier molecular flexibility index (Phi) is 3.87. The molecule has 3 rings (SSSR count). The van der Waals surface area contributed by atoms with Gasteiger partial charge in [0.25, 0.3) is 0 Å². The highest BCUT2D eigenvalue weighted by Gasteiger charge is 2.61. The van der Waals surface area contributed by atoms with Crippen molar-refractivity contribution in [2.24, 2.45) is 0 Å². The first kappa shape index (κ1) is 16.5. The fraction of sp³-hybridized carbons (Fsp3) is 0.375. The van der Waals surface area contributed by atoms with Crippen molar-refractivity contribution in [2.45, 2.75) is 37.5 Å². The SMILES string of the molecule is CCC(c1ccccc1)c1[nH]nc2c1C(O)(C(F)(F)F)CC(=O)N2. The Morgan fingerprint density at radius 1 is 1.33 bits per heavy atom. The van der Waals surface area contributed by atoms with Crippen molar-refractivity contribution in [3.05, 3.63) is 47.2 Å². The van der Waals surface area contributed by atoms with Crippen LogP contribution in [0.15, 0.2) is 30.3 Å². The number of aromatic nitrogens is 2. The highest BCUT2D eigenvalue weighted by molar-refractivity contribution is 5.94. The Labute approximate surface area is 135 Å². The number of aliphatic hydroxyl groups is 1. The molecule has 3 N–H and O–H groups in total. The van der Waals surface area contributed by atoms with Crippen molar-refractivity contribution in [2.75, 3.05) is 5.32 Å². The van der Waals surface area contributed by atoms with Crippen molar-refractivity contribution in [3.8, 4) is 0 Å². The van der Waals surface area contributed by atoms with Crippen LogP contribution >= 0.6 is 0 Å². The number of carbonyl (C=O) groups is 1. The molecule has 1 aromatic carbocycles. The number of aromatic amines is 1. The second kappa shape index (κ2) is 5.62. The van der Waals surface area contributed by atoms with Crippen LogP contribution in [-0.2, 0) is 10.4 Å². The van der Waals surface area contributed by atoms with E-state index in [1.54, 1.807) is 24.3 Å². The number of hydrogen-bond donors (Lipinski definition) is 3. The van der Waals surface area contributed by atoms with Gasteiger partial charge in [0.15, 0.2) is 11.4 Å². The number of halogens is 3. The molecule has 2 unspecified atom stereocenters. The molecule has 1 aliphatic rings. The minimum absolute atomic E-state index is 0.165. The molecular weight excluding hydrogens is 323 g/mol. The topological polar surface area (TPSA) is 78.0 Å². The second-order valence-electron chi connectivity index (χ2n) is 5.82. The van der Waals surface area contributed by atoms with Crippen molar-refractivity contribution in [1.29, 1.82) is 0 Å². The van der Waals surface area contributed by atoms with Crippen molar-refractivity contribution in [1.82, 2.24) is 10.2 Å². The zero-order chi connectivity index (χ0) is 17.5. The van der Waals surface area contributed by atoms with E-state index in [1.807, 2.05) is 13.0 Å². The standard InChI is InChI=1S/C16H16F3N3O2/c1-2-10(9-6-4-3-5-7-9)13-12-14(22-21-13)20-11(23)8-15(12,24)16(17,18)19/h3-7,10,24H,2,8H2,1H3,(H2,20,21,22,23). The van der Waals surface area contributed by atoms with Crippen LogP contribution in [0, 0.1) is 0 Å². The molecule has 0 spiro atoms. The van der Waals surface area contributed by atoms with Crippen LogP contribution in [0.4, 0.5) is 19.0 Å². The van der Waals surface area contributed by atoms with Crippen molar-refractivity contribution in [3.63, 3.8) is 0 Å². The third-order valence-corrected chi connectivity index (χ3v) is 4.31. The molecule has 2 aromatic rings. The van der Waals surface area contributed by atoms with Crippen LogP contribution in [0.3, 0.4) is 0 Å². The lowest BCUT2D eigenvalue weighted by Gasteiger charge is -2.34. The summed E-state index contributed by atoms with van der Waals surface area (Å²) in [5.74, 6) is -1.60. The third kappa shape index (κ3) is 2.47. The number of benzene rings is 1. The van der Waals surface area contributed by atoms with Gasteiger partial charge in [0.1, 0.15) is 0 Å². The minimum atomic E-state index is -4.99. The number of amides is 1. The first-order valence-electron chi connectivity index (χ1n) is 7.50. The lowest BCUT2D eigenvalue weighted by Crippen LogP contribution is -2.48. The number of carbonyl (C=O) groups excluding carboxylic acids is 1. The van der Waals surface area contributed by atoms with Crippen molar-refractivity contribution < 1.29 is 23.1 Å². The van der Waals surface area contributed by atoms with Gasteiger partial charge in [-0.3, -0.25) is 9.89 Å². The van der Waals surface area contributed by atoms with Gasteiger partial charge in [-0.15, -0.1) is 0 Å². The van der Waals surface area contributed by atoms with Gasteiger partial charge in [-0.25, -0.2) is 0 Å². The maximum absolute atomic E-state index is 13.5. The maximum Gasteiger partial charge on any atom is 0.422 e. The van der Waals surface area contributed by atoms with E-state index >= 15 is 0 Å². The lowest BCUT2D eigenvalue weighted by atomic mass is 9.81. The first-order chi connectivity index (χ1) is 11.3. The molecule has 0 saturated carbocycles. The first-order valence-corrected chi connectivity index (χ1v) is 7.50. The molecule has 0 saturated heterocycles. The minimum Gasteiger partial charge on any atom is -0.376 e. The zero-order valence-electron chi connectivity index (χ0n) is 12.8. The summed E-state index contributed by atoms with van der Waals surface area (Å²) >= 11 is 0. The number of nitrogens with one attached hydrogen (secondary N) is 2. The fourth-order valence-electron chi connectivity index (χ4n) is 3.15. The van der Waals surface area contributed by atoms with Gasteiger partial charge in [-0.05, 0) is 12.0 Å². The molecule has 0 aliphatic carbocycles. The van der Waals surface area contributed by atoms with Crippen LogP contribution in [0.5, 0.6) is 0 Å². The van der Waals surface area contributed by atoms with E-state index in [1.165, 1.54) is 0 Å². The number of anilines is 1. The molecule has 2 atom stereocenters. The molecule has 0 radical (unpaired) electrons. The number of H-pyrrole nitrogens is 1. The molecular formula is C16H16F3N3O2. The van der Waals surface area contributed by atoms with Gasteiger partial charge in [0.05, 0.1) is 17.7 Å². The Morgan fingerprint density at radius 3 is 2.58 bits per heavy atom. The Bertz CT molecular complexity index is 758. The molecule has 0 bridgehead atoms. The average molecular weight is 339 g/mol. The average Bonchev–Trinajstić information content (AvgIpc) is 2.92. The summed E-state index contributed by atoms with van der Waals surface area (Å²) in [6.07, 6.45) is -5.57. The zero-order valence-corrected chi connectivity index (χ0v) is 12.8. The smallest absolute Gasteiger partial charge is 0.376 e. The third-order valence-electron chi connectivity index (χ3n) is 4.31. The molecule has 2 heterocycles. The predicted octanol–water partition coefficient (Wildman–Crippen LogP) is 3.04. The van der Waals surface area contributed by atoms with E-state index < -0.39 is 35.6 Å². The maximum atomic E-state index is 13.5. The normalized spacial score (nSPS) is 22.0. The van der Waals surface area contributed by atoms with Gasteiger partial charge in [0, 0.05) is 5.92 Å². The molecule has 128 valence electrons. The second-order valence-corrected chi connectivity index (χ2v) is 5.82. The number of nitrogens with zero attached hydrogens (tertiary/aromatic N) is 1. The molecule has 24 heavy (non-hydrogen) atoms. The lowest BCUT2D eigenvalue weighted by molar-refractivity contribution is -0.267. The monoisotopic (exact) mass is 339 g/mol. The number of rotatable bonds is 3. The quantitative estimate of drug-likeness (QED) is 0.804. The number of alkyl halides is 3. The van der Waals surface area contributed by atoms with Crippen LogP contribution < -0.4 is 5.32 Å². The highest BCUT2D eigenvalue weighted by Crippen LogP contribution is 2.49. The number of fused-ring (bicyclic) bond motifs is 1. The Morgan fingerprint density at radius 2 is 2.00 bits per heavy atom. The fourth-order valence-corrected chi connectivity index (χ4v) is 3.15. The number of hydrogen-bond acceptors (Lipinski definition) is 3. The van der Waals surface area contributed by atoms with E-state index in [9.17, 15) is 23.1 Å². The molecule has 0 fully saturated rings. The van der Waals surface area contributed by atoms with Gasteiger partial charge in [0.2, 0.25) is 5.91 Å². The van der Waals surface area contributed by atoms with Gasteiger partial charge >= 0.3 is 6.18 Å². The largest absolute Gasteiger partial charge is 0.422 e. The molecule has 1 amide bonds. The molecule has 5 nitrogen and oxygen atoms in total. The Hall–Kier alpha value is -2.35. The van der Waals surface area contributed by atoms with Crippen LogP contribution in [0.25, 0.3) is 0 Å². The van der Waals surface area contributed by atoms with Crippen molar-refractivity contribution >= 4 is 11.7 Å². The molecule has 1 aromatic heterocycles. The summed E-state index contributed by atoms with van der Waals surface area (Å²) in [4.78, 5) is 11.6. The summed E-state index contributed by atoms with van der Waals surface area (Å²) in [6, 6.07) is 8.99. The predicted molar refractivity (Wildman–Crippen MR) is 80.4 cm³/mol. The summed E-state index contributed by atoms with van der Waals surface area (Å²) in [7, 11) is 0. The van der Waals surface area contributed by atoms with E-state index in [2.05, 4.69) is 15.5 Å². The van der Waals surface area contributed by atoms with E-state index in [4.69, 9.17) is 0 Å². The van der Waals surface area contributed by atoms with Crippen LogP contribution in [-0.4, -0.2) is 27.4 Å². The van der Waals surface area contributed by atoms with Gasteiger partial charge in [-0.1, -0.05) is 37.3 Å². The van der Waals surface area contributed by atoms with Gasteiger partial charge < -0.3 is 10.4 Å². The van der Waals surface area contributed by atoms with Crippen LogP contribution in [0.1, 0.15) is 42.5 Å². The Balaban J connectivity index is 2.18. The van der Waals surface area contributed by atoms with Crippen LogP contribution in [0.2, 0.25) is 0 Å². The molecule has 8 heteroatoms.